The third-order valence-electron chi connectivity index (χ3n) is 1.65. The van der Waals surface area contributed by atoms with E-state index >= 15 is 0 Å². The van der Waals surface area contributed by atoms with Gasteiger partial charge < -0.3 is 0 Å². The van der Waals surface area contributed by atoms with Crippen molar-refractivity contribution in [2.24, 2.45) is 5.10 Å². The van der Waals surface area contributed by atoms with Crippen molar-refractivity contribution in [2.45, 2.75) is 0 Å². The van der Waals surface area contributed by atoms with Crippen LogP contribution in [0.5, 0.6) is 0 Å². The van der Waals surface area contributed by atoms with Crippen LogP contribution in [0.3, 0.4) is 0 Å². The molecule has 0 fully saturated rings. The maximum Gasteiger partial charge on any atom is 0.203 e. The van der Waals surface area contributed by atoms with Crippen molar-refractivity contribution < 1.29 is 0 Å². The van der Waals surface area contributed by atoms with Crippen LogP contribution in [-0.4, -0.2) is 11.2 Å². The average Bonchev–Trinajstić information content (AvgIpc) is 2.71. The predicted molar refractivity (Wildman–Crippen MR) is 67.5 cm³/mol. The zero-order chi connectivity index (χ0) is 10.5. The van der Waals surface area contributed by atoms with Gasteiger partial charge in [-0.05, 0) is 17.7 Å². The Bertz CT molecular complexity index is 453. The summed E-state index contributed by atoms with van der Waals surface area (Å²) < 4.78 is 1.04. The molecular formula is C10H8BrN3S. The van der Waals surface area contributed by atoms with Crippen LogP contribution in [0.2, 0.25) is 0 Å². The van der Waals surface area contributed by atoms with Gasteiger partial charge in [0.15, 0.2) is 0 Å². The number of halogens is 1. The monoisotopic (exact) mass is 281 g/mol. The van der Waals surface area contributed by atoms with Crippen LogP contribution in [0.15, 0.2) is 45.4 Å². The molecule has 0 atom stereocenters. The zero-order valence-corrected chi connectivity index (χ0v) is 10.1. The second-order valence-electron chi connectivity index (χ2n) is 2.76. The first-order chi connectivity index (χ1) is 7.34. The van der Waals surface area contributed by atoms with Gasteiger partial charge in [0.05, 0.1) is 6.21 Å². The van der Waals surface area contributed by atoms with Gasteiger partial charge in [0.1, 0.15) is 0 Å². The van der Waals surface area contributed by atoms with E-state index in [4.69, 9.17) is 0 Å². The molecule has 3 nitrogen and oxygen atoms in total. The molecule has 1 heterocycles. The molecule has 0 saturated carbocycles. The normalized spacial score (nSPS) is 10.7. The topological polar surface area (TPSA) is 37.3 Å². The van der Waals surface area contributed by atoms with E-state index in [2.05, 4.69) is 31.4 Å². The van der Waals surface area contributed by atoms with Crippen LogP contribution in [0, 0.1) is 0 Å². The van der Waals surface area contributed by atoms with Gasteiger partial charge in [0, 0.05) is 16.0 Å². The first-order valence-electron chi connectivity index (χ1n) is 4.29. The van der Waals surface area contributed by atoms with E-state index in [0.717, 1.165) is 15.2 Å². The quantitative estimate of drug-likeness (QED) is 0.692. The Morgan fingerprint density at radius 2 is 2.40 bits per heavy atom. The first-order valence-corrected chi connectivity index (χ1v) is 5.96. The van der Waals surface area contributed by atoms with Crippen LogP contribution < -0.4 is 5.43 Å². The van der Waals surface area contributed by atoms with E-state index in [1.807, 2.05) is 29.6 Å². The molecule has 0 aliphatic rings. The second-order valence-corrected chi connectivity index (χ2v) is 4.57. The summed E-state index contributed by atoms with van der Waals surface area (Å²) in [7, 11) is 0. The van der Waals surface area contributed by atoms with Gasteiger partial charge in [-0.25, -0.2) is 4.98 Å². The fourth-order valence-corrected chi connectivity index (χ4v) is 1.92. The molecule has 0 radical (unpaired) electrons. The number of hydrazone groups is 1. The summed E-state index contributed by atoms with van der Waals surface area (Å²) in [6.45, 7) is 0. The van der Waals surface area contributed by atoms with Gasteiger partial charge in [0.25, 0.3) is 0 Å². The zero-order valence-electron chi connectivity index (χ0n) is 7.72. The van der Waals surface area contributed by atoms with Crippen molar-refractivity contribution in [2.75, 3.05) is 5.43 Å². The fraction of sp³-hybridized carbons (Fsp3) is 0. The summed E-state index contributed by atoms with van der Waals surface area (Å²) in [5.41, 5.74) is 3.89. The number of thiazole rings is 1. The van der Waals surface area contributed by atoms with E-state index < -0.39 is 0 Å². The molecule has 0 aliphatic heterocycles. The molecule has 0 saturated heterocycles. The SMILES string of the molecule is Brc1cccc(C=NNc2nccs2)c1. The smallest absolute Gasteiger partial charge is 0.203 e. The van der Waals surface area contributed by atoms with Crippen LogP contribution in [0.4, 0.5) is 5.13 Å². The van der Waals surface area contributed by atoms with Crippen molar-refractivity contribution in [1.29, 1.82) is 0 Å². The Kier molecular flexibility index (Phi) is 3.47. The third-order valence-corrected chi connectivity index (χ3v) is 2.83. The van der Waals surface area contributed by atoms with Crippen LogP contribution >= 0.6 is 27.3 Å². The van der Waals surface area contributed by atoms with Crippen molar-refractivity contribution in [3.63, 3.8) is 0 Å². The largest absolute Gasteiger partial charge is 0.253 e. The number of hydrogen-bond acceptors (Lipinski definition) is 4. The first kappa shape index (κ1) is 10.3. The molecule has 0 unspecified atom stereocenters. The van der Waals surface area contributed by atoms with Crippen LogP contribution in [0.25, 0.3) is 0 Å². The third kappa shape index (κ3) is 3.14. The molecule has 0 aliphatic carbocycles. The van der Waals surface area contributed by atoms with Crippen molar-refractivity contribution in [3.8, 4) is 0 Å². The molecule has 5 heteroatoms. The summed E-state index contributed by atoms with van der Waals surface area (Å²) in [4.78, 5) is 4.05. The van der Waals surface area contributed by atoms with E-state index in [1.165, 1.54) is 11.3 Å². The van der Waals surface area contributed by atoms with Gasteiger partial charge in [0.2, 0.25) is 5.13 Å². The molecule has 2 aromatic rings. The van der Waals surface area contributed by atoms with Crippen molar-refractivity contribution in [1.82, 2.24) is 4.98 Å². The van der Waals surface area contributed by atoms with Crippen LogP contribution in [0.1, 0.15) is 5.56 Å². The lowest BCUT2D eigenvalue weighted by molar-refractivity contribution is 1.29. The van der Waals surface area contributed by atoms with Crippen LogP contribution in [-0.2, 0) is 0 Å². The second kappa shape index (κ2) is 5.04. The molecule has 1 aromatic carbocycles. The fourth-order valence-electron chi connectivity index (χ4n) is 1.03. The highest BCUT2D eigenvalue weighted by Gasteiger charge is 1.91. The number of nitrogens with zero attached hydrogens (tertiary/aromatic N) is 2. The minimum Gasteiger partial charge on any atom is -0.253 e. The van der Waals surface area contributed by atoms with E-state index in [0.29, 0.717) is 0 Å². The number of benzene rings is 1. The molecule has 1 aromatic heterocycles. The molecule has 1 N–H and O–H groups in total. The minimum absolute atomic E-state index is 0.793. The van der Waals surface area contributed by atoms with Gasteiger partial charge >= 0.3 is 0 Å². The molecule has 15 heavy (non-hydrogen) atoms. The molecule has 0 amide bonds. The number of rotatable bonds is 3. The predicted octanol–water partition coefficient (Wildman–Crippen LogP) is 3.35. The highest BCUT2D eigenvalue weighted by Crippen LogP contribution is 2.11. The highest BCUT2D eigenvalue weighted by atomic mass is 79.9. The maximum atomic E-state index is 4.08. The average molecular weight is 282 g/mol. The molecule has 0 spiro atoms. The van der Waals surface area contributed by atoms with Gasteiger partial charge in [-0.15, -0.1) is 11.3 Å². The summed E-state index contributed by atoms with van der Waals surface area (Å²) in [6.07, 6.45) is 3.49. The number of hydrogen-bond donors (Lipinski definition) is 1. The van der Waals surface area contributed by atoms with E-state index in [1.54, 1.807) is 12.4 Å². The number of nitrogens with one attached hydrogen (secondary N) is 1. The highest BCUT2D eigenvalue weighted by molar-refractivity contribution is 9.10. The lowest BCUT2D eigenvalue weighted by Gasteiger charge is -1.94. The van der Waals surface area contributed by atoms with Gasteiger partial charge in [-0.1, -0.05) is 28.1 Å². The van der Waals surface area contributed by atoms with Gasteiger partial charge in [-0.2, -0.15) is 5.10 Å². The molecule has 2 rings (SSSR count). The number of anilines is 1. The Balaban J connectivity index is 2.00. The molecular weight excluding hydrogens is 274 g/mol. The number of aromatic nitrogens is 1. The Hall–Kier alpha value is -1.20. The minimum atomic E-state index is 0.793. The Labute approximate surface area is 100.0 Å². The lowest BCUT2D eigenvalue weighted by Crippen LogP contribution is -1.89. The standard InChI is InChI=1S/C10H8BrN3S/c11-9-3-1-2-8(6-9)7-13-14-10-12-4-5-15-10/h1-7H,(H,12,14). The lowest BCUT2D eigenvalue weighted by atomic mass is 10.2. The van der Waals surface area contributed by atoms with E-state index in [-0.39, 0.29) is 0 Å². The maximum absolute atomic E-state index is 4.08. The van der Waals surface area contributed by atoms with Gasteiger partial charge in [-0.3, -0.25) is 5.43 Å². The van der Waals surface area contributed by atoms with Crippen molar-refractivity contribution >= 4 is 38.6 Å². The molecule has 0 bridgehead atoms. The summed E-state index contributed by atoms with van der Waals surface area (Å²) in [6, 6.07) is 7.92. The van der Waals surface area contributed by atoms with E-state index in [9.17, 15) is 0 Å². The van der Waals surface area contributed by atoms with Crippen molar-refractivity contribution in [3.05, 3.63) is 45.9 Å². The molecule has 76 valence electrons. The Morgan fingerprint density at radius 3 is 3.13 bits per heavy atom. The summed E-state index contributed by atoms with van der Waals surface area (Å²) in [5, 5.41) is 6.77. The summed E-state index contributed by atoms with van der Waals surface area (Å²) >= 11 is 4.92. The summed E-state index contributed by atoms with van der Waals surface area (Å²) in [5.74, 6) is 0. The Morgan fingerprint density at radius 1 is 1.47 bits per heavy atom.